The maximum Gasteiger partial charge on any atom is 0.238 e. The summed E-state index contributed by atoms with van der Waals surface area (Å²) in [6.07, 6.45) is 4.62. The number of carbonyl (C=O) groups is 1. The van der Waals surface area contributed by atoms with Crippen LogP contribution in [0.5, 0.6) is 0 Å². The van der Waals surface area contributed by atoms with Gasteiger partial charge in [-0.3, -0.25) is 9.48 Å². The van der Waals surface area contributed by atoms with Crippen LogP contribution in [-0.2, 0) is 22.5 Å². The smallest absolute Gasteiger partial charge is 0.238 e. The third-order valence-electron chi connectivity index (χ3n) is 3.24. The van der Waals surface area contributed by atoms with E-state index in [1.165, 1.54) is 5.56 Å². The molecule has 2 aromatic rings. The molecule has 0 aliphatic heterocycles. The molecule has 0 saturated carbocycles. The Balaban J connectivity index is 1.74. The number of aryl methyl sites for hydroxylation is 2. The molecule has 124 valence electrons. The molecule has 2 rings (SSSR count). The largest absolute Gasteiger partial charge is 0.383 e. The van der Waals surface area contributed by atoms with Crippen molar-refractivity contribution in [3.05, 3.63) is 46.7 Å². The maximum absolute atomic E-state index is 11.7. The number of benzene rings is 1. The number of rotatable bonds is 9. The fourth-order valence-corrected chi connectivity index (χ4v) is 2.37. The number of ether oxygens (including phenoxy) is 1. The molecular formula is C16H21BrN4O2. The highest BCUT2D eigenvalue weighted by molar-refractivity contribution is 9.10. The average molecular weight is 381 g/mol. The molecule has 7 heteroatoms. The van der Waals surface area contributed by atoms with E-state index in [0.717, 1.165) is 23.1 Å². The lowest BCUT2D eigenvalue weighted by Gasteiger charge is -2.08. The van der Waals surface area contributed by atoms with Gasteiger partial charge in [-0.15, -0.1) is 0 Å². The van der Waals surface area contributed by atoms with Gasteiger partial charge in [0.2, 0.25) is 5.91 Å². The van der Waals surface area contributed by atoms with Gasteiger partial charge in [-0.1, -0.05) is 12.1 Å². The third-order valence-corrected chi connectivity index (χ3v) is 3.65. The Morgan fingerprint density at radius 1 is 1.35 bits per heavy atom. The van der Waals surface area contributed by atoms with Crippen LogP contribution in [0.25, 0.3) is 0 Å². The number of hydrogen-bond donors (Lipinski definition) is 2. The number of methoxy groups -OCH3 is 1. The lowest BCUT2D eigenvalue weighted by Crippen LogP contribution is -2.30. The van der Waals surface area contributed by atoms with Gasteiger partial charge in [0.1, 0.15) is 0 Å². The summed E-state index contributed by atoms with van der Waals surface area (Å²) in [4.78, 5) is 11.7. The summed E-state index contributed by atoms with van der Waals surface area (Å²) in [5.74, 6) is -0.0600. The summed E-state index contributed by atoms with van der Waals surface area (Å²) < 4.78 is 7.78. The lowest BCUT2D eigenvalue weighted by molar-refractivity contribution is -0.115. The molecule has 6 nitrogen and oxygen atoms in total. The lowest BCUT2D eigenvalue weighted by atomic mass is 10.1. The van der Waals surface area contributed by atoms with E-state index in [2.05, 4.69) is 31.7 Å². The Hall–Kier alpha value is -1.70. The van der Waals surface area contributed by atoms with Crippen LogP contribution in [-0.4, -0.2) is 42.5 Å². The predicted molar refractivity (Wildman–Crippen MR) is 93.4 cm³/mol. The molecule has 0 saturated heterocycles. The second-order valence-corrected chi connectivity index (χ2v) is 6.00. The molecule has 1 aromatic heterocycles. The van der Waals surface area contributed by atoms with E-state index in [9.17, 15) is 4.79 Å². The summed E-state index contributed by atoms with van der Waals surface area (Å²) in [7, 11) is 1.63. The summed E-state index contributed by atoms with van der Waals surface area (Å²) >= 11 is 3.38. The zero-order chi connectivity index (χ0) is 16.5. The second-order valence-electron chi connectivity index (χ2n) is 5.09. The molecule has 0 bridgehead atoms. The number of nitrogens with one attached hydrogen (secondary N) is 2. The van der Waals surface area contributed by atoms with Crippen LogP contribution in [0.3, 0.4) is 0 Å². The highest BCUT2D eigenvalue weighted by Gasteiger charge is 2.02. The molecule has 0 radical (unpaired) electrons. The van der Waals surface area contributed by atoms with Crippen molar-refractivity contribution in [2.45, 2.75) is 13.0 Å². The second kappa shape index (κ2) is 9.44. The number of nitrogens with zero attached hydrogens (tertiary/aromatic N) is 2. The Labute approximate surface area is 144 Å². The van der Waals surface area contributed by atoms with Gasteiger partial charge in [0.25, 0.3) is 0 Å². The van der Waals surface area contributed by atoms with Crippen molar-refractivity contribution in [1.29, 1.82) is 0 Å². The van der Waals surface area contributed by atoms with Gasteiger partial charge in [0, 0.05) is 32.1 Å². The van der Waals surface area contributed by atoms with Crippen molar-refractivity contribution < 1.29 is 9.53 Å². The van der Waals surface area contributed by atoms with E-state index < -0.39 is 0 Å². The molecule has 0 aliphatic rings. The first-order valence-electron chi connectivity index (χ1n) is 7.44. The van der Waals surface area contributed by atoms with Gasteiger partial charge in [0.05, 0.1) is 23.8 Å². The molecular weight excluding hydrogens is 360 g/mol. The van der Waals surface area contributed by atoms with Crippen molar-refractivity contribution in [2.24, 2.45) is 0 Å². The molecule has 1 amide bonds. The molecule has 1 heterocycles. The summed E-state index contributed by atoms with van der Waals surface area (Å²) in [5.41, 5.74) is 2.00. The van der Waals surface area contributed by atoms with Gasteiger partial charge in [-0.2, -0.15) is 5.10 Å². The van der Waals surface area contributed by atoms with E-state index in [4.69, 9.17) is 4.74 Å². The molecule has 1 aromatic carbocycles. The third kappa shape index (κ3) is 6.52. The maximum atomic E-state index is 11.7. The first-order valence-corrected chi connectivity index (χ1v) is 8.23. The van der Waals surface area contributed by atoms with Crippen molar-refractivity contribution >= 4 is 27.5 Å². The van der Waals surface area contributed by atoms with Crippen LogP contribution < -0.4 is 10.6 Å². The minimum Gasteiger partial charge on any atom is -0.383 e. The van der Waals surface area contributed by atoms with Crippen molar-refractivity contribution in [3.8, 4) is 0 Å². The molecule has 0 atom stereocenters. The molecule has 0 fully saturated rings. The SMILES string of the molecule is COCCNCC(=O)Nc1ccc(CCn2cc(Br)cn2)cc1. The zero-order valence-corrected chi connectivity index (χ0v) is 14.7. The normalized spacial score (nSPS) is 10.7. The molecule has 2 N–H and O–H groups in total. The van der Waals surface area contributed by atoms with Crippen LogP contribution >= 0.6 is 15.9 Å². The van der Waals surface area contributed by atoms with Gasteiger partial charge in [-0.25, -0.2) is 0 Å². The molecule has 0 unspecified atom stereocenters. The van der Waals surface area contributed by atoms with Crippen LogP contribution in [0.15, 0.2) is 41.1 Å². The average Bonchev–Trinajstić information content (AvgIpc) is 2.96. The van der Waals surface area contributed by atoms with Crippen LogP contribution in [0, 0.1) is 0 Å². The monoisotopic (exact) mass is 380 g/mol. The summed E-state index contributed by atoms with van der Waals surface area (Å²) in [5, 5.41) is 10.1. The number of carbonyl (C=O) groups excluding carboxylic acids is 1. The summed E-state index contributed by atoms with van der Waals surface area (Å²) in [6.45, 7) is 2.35. The zero-order valence-electron chi connectivity index (χ0n) is 13.1. The number of aromatic nitrogens is 2. The number of hydrogen-bond acceptors (Lipinski definition) is 4. The minimum absolute atomic E-state index is 0.0600. The van der Waals surface area contributed by atoms with E-state index in [0.29, 0.717) is 13.2 Å². The highest BCUT2D eigenvalue weighted by atomic mass is 79.9. The van der Waals surface area contributed by atoms with E-state index in [-0.39, 0.29) is 12.5 Å². The first-order chi connectivity index (χ1) is 11.2. The Kier molecular flexibility index (Phi) is 7.25. The molecule has 0 aliphatic carbocycles. The number of amides is 1. The Morgan fingerprint density at radius 3 is 2.78 bits per heavy atom. The van der Waals surface area contributed by atoms with Gasteiger partial charge in [-0.05, 0) is 40.0 Å². The van der Waals surface area contributed by atoms with Crippen LogP contribution in [0.4, 0.5) is 5.69 Å². The minimum atomic E-state index is -0.0600. The Morgan fingerprint density at radius 2 is 2.13 bits per heavy atom. The fraction of sp³-hybridized carbons (Fsp3) is 0.375. The van der Waals surface area contributed by atoms with Gasteiger partial charge >= 0.3 is 0 Å². The first kappa shape index (κ1) is 17.7. The topological polar surface area (TPSA) is 68.2 Å². The van der Waals surface area contributed by atoms with Crippen molar-refractivity contribution in [3.63, 3.8) is 0 Å². The molecule has 0 spiro atoms. The van der Waals surface area contributed by atoms with E-state index >= 15 is 0 Å². The quantitative estimate of drug-likeness (QED) is 0.653. The highest BCUT2D eigenvalue weighted by Crippen LogP contribution is 2.11. The predicted octanol–water partition coefficient (Wildman–Crippen LogP) is 2.06. The molecule has 23 heavy (non-hydrogen) atoms. The van der Waals surface area contributed by atoms with Crippen molar-refractivity contribution in [1.82, 2.24) is 15.1 Å². The summed E-state index contributed by atoms with van der Waals surface area (Å²) in [6, 6.07) is 7.88. The van der Waals surface area contributed by atoms with E-state index in [1.54, 1.807) is 13.3 Å². The Bertz CT molecular complexity index is 613. The number of anilines is 1. The van der Waals surface area contributed by atoms with E-state index in [1.807, 2.05) is 35.1 Å². The number of halogens is 1. The van der Waals surface area contributed by atoms with Gasteiger partial charge < -0.3 is 15.4 Å². The van der Waals surface area contributed by atoms with Crippen LogP contribution in [0.1, 0.15) is 5.56 Å². The van der Waals surface area contributed by atoms with Crippen LogP contribution in [0.2, 0.25) is 0 Å². The van der Waals surface area contributed by atoms with Crippen molar-refractivity contribution in [2.75, 3.05) is 32.1 Å². The fourth-order valence-electron chi connectivity index (χ4n) is 2.04. The van der Waals surface area contributed by atoms with Gasteiger partial charge in [0.15, 0.2) is 0 Å². The standard InChI is InChI=1S/C16H21BrN4O2/c1-23-9-7-18-11-16(22)20-15-4-2-13(3-5-15)6-8-21-12-14(17)10-19-21/h2-5,10,12,18H,6-9,11H2,1H3,(H,20,22).